The third kappa shape index (κ3) is 4.26. The zero-order valence-corrected chi connectivity index (χ0v) is 14.1. The van der Waals surface area contributed by atoms with Crippen LogP contribution in [-0.4, -0.2) is 37.4 Å². The maximum atomic E-state index is 13.3. The minimum atomic E-state index is -3.58. The molecule has 0 bridgehead atoms. The second kappa shape index (κ2) is 8.15. The van der Waals surface area contributed by atoms with Crippen molar-refractivity contribution in [2.75, 3.05) is 26.2 Å². The Balaban J connectivity index is 0.00000132. The largest absolute Gasteiger partial charge is 0.586 e. The van der Waals surface area contributed by atoms with Gasteiger partial charge in [-0.25, -0.2) is 0 Å². The molecule has 2 aliphatic heterocycles. The van der Waals surface area contributed by atoms with Crippen molar-refractivity contribution in [3.05, 3.63) is 36.4 Å². The third-order valence-corrected chi connectivity index (χ3v) is 3.80. The maximum absolute atomic E-state index is 13.3. The summed E-state index contributed by atoms with van der Waals surface area (Å²) < 4.78 is 35.9. The number of hydrogen-bond donors (Lipinski definition) is 1. The number of nitrogens with zero attached hydrogens (tertiary/aromatic N) is 1. The van der Waals surface area contributed by atoms with Crippen LogP contribution in [0.1, 0.15) is 18.0 Å². The van der Waals surface area contributed by atoms with Crippen molar-refractivity contribution in [2.45, 2.75) is 18.8 Å². The highest BCUT2D eigenvalue weighted by atomic mass is 35.5. The molecule has 0 aromatic heterocycles. The Morgan fingerprint density at radius 2 is 1.96 bits per heavy atom. The van der Waals surface area contributed by atoms with Gasteiger partial charge in [0.05, 0.1) is 0 Å². The first-order valence-electron chi connectivity index (χ1n) is 7.05. The third-order valence-electron chi connectivity index (χ3n) is 3.80. The lowest BCUT2D eigenvalue weighted by molar-refractivity contribution is -0.287. The molecular weight excluding hydrogens is 349 g/mol. The minimum absolute atomic E-state index is 0. The Bertz CT molecular complexity index is 540. The van der Waals surface area contributed by atoms with Gasteiger partial charge in [0.2, 0.25) is 0 Å². The molecule has 23 heavy (non-hydrogen) atoms. The van der Waals surface area contributed by atoms with E-state index in [9.17, 15) is 8.78 Å². The summed E-state index contributed by atoms with van der Waals surface area (Å²) in [7, 11) is 0. The molecule has 3 rings (SSSR count). The van der Waals surface area contributed by atoms with E-state index in [0.717, 1.165) is 31.7 Å². The predicted octanol–water partition coefficient (Wildman–Crippen LogP) is 3.37. The van der Waals surface area contributed by atoms with Gasteiger partial charge in [0.1, 0.15) is 0 Å². The molecule has 1 saturated heterocycles. The van der Waals surface area contributed by atoms with E-state index in [4.69, 9.17) is 4.74 Å². The zero-order chi connectivity index (χ0) is 14.9. The number of nitrogens with one attached hydrogen (secondary N) is 1. The number of hydrogen-bond acceptors (Lipinski definition) is 4. The van der Waals surface area contributed by atoms with Crippen molar-refractivity contribution in [1.29, 1.82) is 0 Å². The molecule has 0 saturated carbocycles. The summed E-state index contributed by atoms with van der Waals surface area (Å²) in [4.78, 5) is 2.26. The fraction of sp³-hybridized carbons (Fsp3) is 0.467. The van der Waals surface area contributed by atoms with E-state index in [1.807, 2.05) is 6.07 Å². The Kier molecular flexibility index (Phi) is 7.07. The highest BCUT2D eigenvalue weighted by Crippen LogP contribution is 2.46. The monoisotopic (exact) mass is 368 g/mol. The number of ether oxygens (including phenoxy) is 2. The van der Waals surface area contributed by atoms with Crippen LogP contribution in [0.3, 0.4) is 0 Å². The molecule has 0 radical (unpaired) electrons. The summed E-state index contributed by atoms with van der Waals surface area (Å²) in [6.07, 6.45) is -1.11. The van der Waals surface area contributed by atoms with Crippen LogP contribution in [0.2, 0.25) is 0 Å². The molecule has 1 atom stereocenters. The van der Waals surface area contributed by atoms with Crippen LogP contribution in [0.15, 0.2) is 30.9 Å². The van der Waals surface area contributed by atoms with Crippen LogP contribution in [0.5, 0.6) is 11.5 Å². The molecular formula is C15H20Cl2F2N2O2. The smallest absolute Gasteiger partial charge is 0.395 e. The lowest BCUT2D eigenvalue weighted by Gasteiger charge is -2.35. The molecule has 130 valence electrons. The van der Waals surface area contributed by atoms with E-state index in [-0.39, 0.29) is 42.4 Å². The number of fused-ring (bicyclic) bond motifs is 1. The predicted molar refractivity (Wildman–Crippen MR) is 89.1 cm³/mol. The highest BCUT2D eigenvalue weighted by Gasteiger charge is 2.45. The van der Waals surface area contributed by atoms with Gasteiger partial charge in [-0.3, -0.25) is 4.90 Å². The molecule has 4 nitrogen and oxygen atoms in total. The average Bonchev–Trinajstić information content (AvgIpc) is 2.79. The summed E-state index contributed by atoms with van der Waals surface area (Å²) in [6.45, 7) is 7.27. The van der Waals surface area contributed by atoms with Crippen molar-refractivity contribution in [3.8, 4) is 11.5 Å². The van der Waals surface area contributed by atoms with Gasteiger partial charge in [0, 0.05) is 37.8 Å². The Morgan fingerprint density at radius 1 is 1.26 bits per heavy atom. The molecule has 0 unspecified atom stereocenters. The first-order valence-corrected chi connectivity index (χ1v) is 7.05. The number of para-hydroxylation sites is 1. The summed E-state index contributed by atoms with van der Waals surface area (Å²) in [6, 6.07) is 5.01. The quantitative estimate of drug-likeness (QED) is 0.826. The van der Waals surface area contributed by atoms with Gasteiger partial charge in [0.25, 0.3) is 0 Å². The standard InChI is InChI=1S/C15H18F2N2O2.2ClH/c1-2-4-12(19-9-7-18-8-10-19)11-5-3-6-13-14(11)21-15(16,17)20-13;;/h2-3,5-6,12,18H,1,4,7-10H2;2*1H/t12-;;/m1../s1. The lowest BCUT2D eigenvalue weighted by atomic mass is 9.99. The molecule has 2 aliphatic rings. The van der Waals surface area contributed by atoms with Crippen molar-refractivity contribution in [2.24, 2.45) is 0 Å². The molecule has 1 N–H and O–H groups in total. The number of piperazine rings is 1. The van der Waals surface area contributed by atoms with Crippen LogP contribution in [0.4, 0.5) is 8.78 Å². The Labute approximate surface area is 146 Å². The highest BCUT2D eigenvalue weighted by molar-refractivity contribution is 5.85. The number of alkyl halides is 2. The number of halogens is 4. The summed E-state index contributed by atoms with van der Waals surface area (Å²) in [5.41, 5.74) is 0.728. The summed E-state index contributed by atoms with van der Waals surface area (Å²) in [5, 5.41) is 3.29. The van der Waals surface area contributed by atoms with Crippen LogP contribution in [-0.2, 0) is 0 Å². The van der Waals surface area contributed by atoms with Crippen LogP contribution in [0.25, 0.3) is 0 Å². The Morgan fingerprint density at radius 3 is 2.61 bits per heavy atom. The number of rotatable bonds is 4. The first-order chi connectivity index (χ1) is 10.1. The van der Waals surface area contributed by atoms with Gasteiger partial charge in [-0.05, 0) is 12.5 Å². The lowest BCUT2D eigenvalue weighted by Crippen LogP contribution is -2.45. The molecule has 2 heterocycles. The normalized spacial score (nSPS) is 20.1. The minimum Gasteiger partial charge on any atom is -0.395 e. The molecule has 0 spiro atoms. The summed E-state index contributed by atoms with van der Waals surface area (Å²) in [5.74, 6) is 0.245. The SMILES string of the molecule is C=CC[C@H](c1cccc2c1OC(F)(F)O2)N1CCNCC1.Cl.Cl. The van der Waals surface area contributed by atoms with E-state index in [1.165, 1.54) is 6.07 Å². The molecule has 1 fully saturated rings. The van der Waals surface area contributed by atoms with Gasteiger partial charge in [0.15, 0.2) is 11.5 Å². The van der Waals surface area contributed by atoms with E-state index in [1.54, 1.807) is 12.1 Å². The van der Waals surface area contributed by atoms with Crippen LogP contribution < -0.4 is 14.8 Å². The molecule has 0 aliphatic carbocycles. The fourth-order valence-corrected chi connectivity index (χ4v) is 2.88. The van der Waals surface area contributed by atoms with Crippen molar-refractivity contribution in [1.82, 2.24) is 10.2 Å². The van der Waals surface area contributed by atoms with Gasteiger partial charge in [-0.2, -0.15) is 0 Å². The summed E-state index contributed by atoms with van der Waals surface area (Å²) >= 11 is 0. The molecule has 0 amide bonds. The van der Waals surface area contributed by atoms with Gasteiger partial charge >= 0.3 is 6.29 Å². The van der Waals surface area contributed by atoms with Crippen molar-refractivity contribution >= 4 is 24.8 Å². The average molecular weight is 369 g/mol. The molecule has 8 heteroatoms. The number of benzene rings is 1. The van der Waals surface area contributed by atoms with Gasteiger partial charge in [-0.1, -0.05) is 18.2 Å². The van der Waals surface area contributed by atoms with E-state index in [2.05, 4.69) is 21.5 Å². The Hall–Kier alpha value is -1.08. The van der Waals surface area contributed by atoms with Gasteiger partial charge in [-0.15, -0.1) is 40.2 Å². The van der Waals surface area contributed by atoms with E-state index in [0.29, 0.717) is 6.42 Å². The first kappa shape index (κ1) is 20.0. The zero-order valence-electron chi connectivity index (χ0n) is 12.5. The van der Waals surface area contributed by atoms with E-state index < -0.39 is 6.29 Å². The van der Waals surface area contributed by atoms with Crippen molar-refractivity contribution in [3.63, 3.8) is 0 Å². The van der Waals surface area contributed by atoms with Crippen LogP contribution in [0, 0.1) is 0 Å². The van der Waals surface area contributed by atoms with Gasteiger partial charge < -0.3 is 14.8 Å². The molecule has 1 aromatic carbocycles. The fourth-order valence-electron chi connectivity index (χ4n) is 2.88. The second-order valence-electron chi connectivity index (χ2n) is 5.17. The van der Waals surface area contributed by atoms with Crippen molar-refractivity contribution < 1.29 is 18.3 Å². The molecule has 1 aromatic rings. The maximum Gasteiger partial charge on any atom is 0.586 e. The van der Waals surface area contributed by atoms with E-state index >= 15 is 0 Å². The second-order valence-corrected chi connectivity index (χ2v) is 5.17. The van der Waals surface area contributed by atoms with Crippen LogP contribution >= 0.6 is 24.8 Å². The topological polar surface area (TPSA) is 33.7 Å².